The second kappa shape index (κ2) is 11.6. The van der Waals surface area contributed by atoms with Crippen LogP contribution in [0.3, 0.4) is 0 Å². The number of benzene rings is 3. The van der Waals surface area contributed by atoms with E-state index in [2.05, 4.69) is 27.6 Å². The highest BCUT2D eigenvalue weighted by atomic mass is 32.2. The summed E-state index contributed by atoms with van der Waals surface area (Å²) >= 11 is 3.09. The molecule has 0 atom stereocenters. The van der Waals surface area contributed by atoms with E-state index in [0.717, 1.165) is 22.8 Å². The number of hydrogen-bond donors (Lipinski definition) is 1. The summed E-state index contributed by atoms with van der Waals surface area (Å²) < 4.78 is 7.34. The summed E-state index contributed by atoms with van der Waals surface area (Å²) in [5, 5.41) is 12.5. The van der Waals surface area contributed by atoms with Crippen molar-refractivity contribution in [3.05, 3.63) is 84.9 Å². The fourth-order valence-corrected chi connectivity index (χ4v) is 4.75. The number of methoxy groups -OCH3 is 1. The number of carbonyl (C=O) groups excluding carboxylic acids is 1. The molecule has 1 heterocycles. The van der Waals surface area contributed by atoms with Crippen LogP contribution in [0.15, 0.2) is 95.0 Å². The molecule has 8 heteroatoms. The van der Waals surface area contributed by atoms with Gasteiger partial charge >= 0.3 is 0 Å². The topological polar surface area (TPSA) is 69.0 Å². The molecule has 0 saturated heterocycles. The predicted molar refractivity (Wildman–Crippen MR) is 134 cm³/mol. The third kappa shape index (κ3) is 6.18. The lowest BCUT2D eigenvalue weighted by atomic mass is 10.2. The van der Waals surface area contributed by atoms with Gasteiger partial charge in [0.25, 0.3) is 0 Å². The summed E-state index contributed by atoms with van der Waals surface area (Å²) in [4.78, 5) is 13.6. The van der Waals surface area contributed by atoms with Gasteiger partial charge in [-0.3, -0.25) is 9.36 Å². The normalized spacial score (nSPS) is 10.7. The van der Waals surface area contributed by atoms with Crippen molar-refractivity contribution in [2.75, 3.05) is 25.2 Å². The van der Waals surface area contributed by atoms with E-state index >= 15 is 0 Å². The zero-order valence-corrected chi connectivity index (χ0v) is 19.8. The largest absolute Gasteiger partial charge is 0.497 e. The van der Waals surface area contributed by atoms with Crippen molar-refractivity contribution < 1.29 is 9.53 Å². The lowest BCUT2D eigenvalue weighted by Gasteiger charge is -2.11. The average molecular weight is 477 g/mol. The van der Waals surface area contributed by atoms with E-state index in [1.165, 1.54) is 16.7 Å². The fraction of sp³-hybridized carbons (Fsp3) is 0.160. The number of nitrogens with zero attached hydrogens (tertiary/aromatic N) is 3. The van der Waals surface area contributed by atoms with E-state index < -0.39 is 0 Å². The van der Waals surface area contributed by atoms with Crippen molar-refractivity contribution in [3.8, 4) is 22.8 Å². The molecule has 0 bridgehead atoms. The molecule has 168 valence electrons. The first kappa shape index (κ1) is 22.9. The summed E-state index contributed by atoms with van der Waals surface area (Å²) in [7, 11) is 1.64. The lowest BCUT2D eigenvalue weighted by molar-refractivity contribution is -0.118. The number of ether oxygens (including phenoxy) is 1. The van der Waals surface area contributed by atoms with Crippen LogP contribution in [0.1, 0.15) is 0 Å². The Morgan fingerprint density at radius 1 is 0.939 bits per heavy atom. The molecule has 4 rings (SSSR count). The molecule has 0 aliphatic rings. The molecule has 1 N–H and O–H groups in total. The highest BCUT2D eigenvalue weighted by Crippen LogP contribution is 2.29. The third-order valence-electron chi connectivity index (χ3n) is 4.74. The van der Waals surface area contributed by atoms with Crippen molar-refractivity contribution in [1.29, 1.82) is 0 Å². The maximum atomic E-state index is 12.4. The van der Waals surface area contributed by atoms with E-state index in [1.807, 2.05) is 77.4 Å². The molecule has 1 amide bonds. The van der Waals surface area contributed by atoms with Crippen molar-refractivity contribution >= 4 is 29.4 Å². The molecular weight excluding hydrogens is 452 g/mol. The van der Waals surface area contributed by atoms with Gasteiger partial charge < -0.3 is 10.1 Å². The van der Waals surface area contributed by atoms with Gasteiger partial charge in [-0.05, 0) is 36.4 Å². The molecule has 33 heavy (non-hydrogen) atoms. The van der Waals surface area contributed by atoms with Crippen LogP contribution in [0.25, 0.3) is 17.1 Å². The van der Waals surface area contributed by atoms with Gasteiger partial charge in [0.1, 0.15) is 5.75 Å². The minimum Gasteiger partial charge on any atom is -0.497 e. The van der Waals surface area contributed by atoms with Gasteiger partial charge in [-0.15, -0.1) is 22.0 Å². The molecule has 0 saturated carbocycles. The Balaban J connectivity index is 1.43. The zero-order valence-electron chi connectivity index (χ0n) is 18.2. The van der Waals surface area contributed by atoms with E-state index in [1.54, 1.807) is 18.9 Å². The molecule has 6 nitrogen and oxygen atoms in total. The molecule has 0 unspecified atom stereocenters. The number of rotatable bonds is 10. The summed E-state index contributed by atoms with van der Waals surface area (Å²) in [6.45, 7) is 0.611. The number of para-hydroxylation sites is 1. The van der Waals surface area contributed by atoms with Gasteiger partial charge in [-0.1, -0.05) is 60.3 Å². The maximum absolute atomic E-state index is 12.4. The summed E-state index contributed by atoms with van der Waals surface area (Å²) in [6.07, 6.45) is 0. The number of aromatic nitrogens is 3. The van der Waals surface area contributed by atoms with Crippen molar-refractivity contribution in [2.24, 2.45) is 0 Å². The quantitative estimate of drug-likeness (QED) is 0.258. The molecule has 1 aromatic heterocycles. The van der Waals surface area contributed by atoms with E-state index in [0.29, 0.717) is 17.5 Å². The lowest BCUT2D eigenvalue weighted by Crippen LogP contribution is -2.27. The van der Waals surface area contributed by atoms with Gasteiger partial charge in [0, 0.05) is 28.4 Å². The molecule has 0 spiro atoms. The Hall–Kier alpha value is -3.23. The monoisotopic (exact) mass is 476 g/mol. The van der Waals surface area contributed by atoms with Crippen molar-refractivity contribution in [1.82, 2.24) is 20.1 Å². The Morgan fingerprint density at radius 2 is 1.70 bits per heavy atom. The number of thioether (sulfide) groups is 2. The minimum absolute atomic E-state index is 0.0285. The van der Waals surface area contributed by atoms with Crippen LogP contribution >= 0.6 is 23.5 Å². The van der Waals surface area contributed by atoms with E-state index in [9.17, 15) is 4.79 Å². The van der Waals surface area contributed by atoms with Crippen molar-refractivity contribution in [3.63, 3.8) is 0 Å². The van der Waals surface area contributed by atoms with Crippen molar-refractivity contribution in [2.45, 2.75) is 10.1 Å². The van der Waals surface area contributed by atoms with Crippen LogP contribution in [0.5, 0.6) is 5.75 Å². The van der Waals surface area contributed by atoms with Crippen LogP contribution in [0, 0.1) is 0 Å². The number of amides is 1. The van der Waals surface area contributed by atoms with Gasteiger partial charge in [-0.25, -0.2) is 0 Å². The summed E-state index contributed by atoms with van der Waals surface area (Å²) in [5.74, 6) is 2.50. The van der Waals surface area contributed by atoms with E-state index in [-0.39, 0.29) is 11.7 Å². The SMILES string of the molecule is COc1cccc(-c2nnc(SCC(=O)NCCSc3ccccc3)n2-c2ccccc2)c1. The van der Waals surface area contributed by atoms with Gasteiger partial charge in [0.05, 0.1) is 12.9 Å². The fourth-order valence-electron chi connectivity index (χ4n) is 3.18. The Kier molecular flexibility index (Phi) is 8.05. The van der Waals surface area contributed by atoms with Crippen LogP contribution in [-0.4, -0.2) is 45.8 Å². The predicted octanol–water partition coefficient (Wildman–Crippen LogP) is 4.94. The maximum Gasteiger partial charge on any atom is 0.230 e. The Morgan fingerprint density at radius 3 is 2.45 bits per heavy atom. The Labute approximate surface area is 201 Å². The highest BCUT2D eigenvalue weighted by Gasteiger charge is 2.17. The molecule has 0 fully saturated rings. The van der Waals surface area contributed by atoms with E-state index in [4.69, 9.17) is 4.74 Å². The molecule has 0 aliphatic carbocycles. The average Bonchev–Trinajstić information content (AvgIpc) is 3.30. The van der Waals surface area contributed by atoms with Crippen LogP contribution in [-0.2, 0) is 4.79 Å². The molecule has 4 aromatic rings. The first-order valence-corrected chi connectivity index (χ1v) is 12.4. The molecular formula is C25H24N4O2S2. The molecule has 0 radical (unpaired) electrons. The molecule has 3 aromatic carbocycles. The standard InChI is InChI=1S/C25H24N4O2S2/c1-31-21-12-8-9-19(17-21)24-27-28-25(29(24)20-10-4-2-5-11-20)33-18-23(30)26-15-16-32-22-13-6-3-7-14-22/h2-14,17H,15-16,18H2,1H3,(H,26,30). The minimum atomic E-state index is -0.0285. The number of hydrogen-bond acceptors (Lipinski definition) is 6. The Bertz CT molecular complexity index is 1180. The number of carbonyl (C=O) groups is 1. The summed E-state index contributed by atoms with van der Waals surface area (Å²) in [5.41, 5.74) is 1.82. The van der Waals surface area contributed by atoms with Gasteiger partial charge in [0.2, 0.25) is 5.91 Å². The van der Waals surface area contributed by atoms with Gasteiger partial charge in [-0.2, -0.15) is 0 Å². The second-order valence-corrected chi connectivity index (χ2v) is 9.12. The van der Waals surface area contributed by atoms with Crippen LogP contribution in [0.2, 0.25) is 0 Å². The molecule has 0 aliphatic heterocycles. The van der Waals surface area contributed by atoms with Crippen LogP contribution in [0.4, 0.5) is 0 Å². The summed E-state index contributed by atoms with van der Waals surface area (Å²) in [6, 6.07) is 27.8. The first-order valence-electron chi connectivity index (χ1n) is 10.5. The van der Waals surface area contributed by atoms with Gasteiger partial charge in [0.15, 0.2) is 11.0 Å². The first-order chi connectivity index (χ1) is 16.2. The number of nitrogens with one attached hydrogen (secondary N) is 1. The second-order valence-electron chi connectivity index (χ2n) is 7.01. The zero-order chi connectivity index (χ0) is 22.9. The third-order valence-corrected chi connectivity index (χ3v) is 6.69. The van der Waals surface area contributed by atoms with Crippen LogP contribution < -0.4 is 10.1 Å². The smallest absolute Gasteiger partial charge is 0.230 e. The highest BCUT2D eigenvalue weighted by molar-refractivity contribution is 7.99.